The molecule has 0 aliphatic heterocycles. The molecule has 2 heterocycles. The molecule has 2 amide bonds. The van der Waals surface area contributed by atoms with Crippen LogP contribution in [0, 0.1) is 0 Å². The average Bonchev–Trinajstić information content (AvgIpc) is 3.02. The van der Waals surface area contributed by atoms with Crippen molar-refractivity contribution in [3.8, 4) is 0 Å². The lowest BCUT2D eigenvalue weighted by Gasteiger charge is -2.04. The van der Waals surface area contributed by atoms with Crippen LogP contribution in [0.4, 0.5) is 0 Å². The Balaban J connectivity index is 1.70. The molecule has 2 aromatic heterocycles. The van der Waals surface area contributed by atoms with Crippen molar-refractivity contribution in [3.05, 3.63) is 65.7 Å². The Morgan fingerprint density at radius 1 is 1.04 bits per heavy atom. The van der Waals surface area contributed by atoms with Crippen LogP contribution in [-0.2, 0) is 6.54 Å². The van der Waals surface area contributed by atoms with Crippen molar-refractivity contribution < 1.29 is 14.0 Å². The molecule has 3 aromatic rings. The van der Waals surface area contributed by atoms with Crippen LogP contribution in [0.1, 0.15) is 26.7 Å². The number of para-hydroxylation sites is 1. The number of pyridine rings is 1. The third kappa shape index (κ3) is 3.21. The first-order valence-electron chi connectivity index (χ1n) is 7.12. The number of amides is 2. The number of carbonyl (C=O) groups is 2. The highest BCUT2D eigenvalue weighted by atomic mass is 16.3. The van der Waals surface area contributed by atoms with E-state index in [9.17, 15) is 9.59 Å². The molecule has 6 nitrogen and oxygen atoms in total. The summed E-state index contributed by atoms with van der Waals surface area (Å²) in [7, 11) is 1.51. The van der Waals surface area contributed by atoms with E-state index in [1.807, 2.05) is 30.3 Å². The maximum absolute atomic E-state index is 12.1. The monoisotopic (exact) mass is 309 g/mol. The predicted molar refractivity (Wildman–Crippen MR) is 85.0 cm³/mol. The van der Waals surface area contributed by atoms with E-state index in [0.717, 1.165) is 11.0 Å². The van der Waals surface area contributed by atoms with Gasteiger partial charge in [0.15, 0.2) is 0 Å². The van der Waals surface area contributed by atoms with Gasteiger partial charge in [0.1, 0.15) is 22.7 Å². The van der Waals surface area contributed by atoms with Gasteiger partial charge in [-0.05, 0) is 24.3 Å². The number of carbonyl (C=O) groups excluding carboxylic acids is 2. The molecule has 0 unspecified atom stereocenters. The van der Waals surface area contributed by atoms with Gasteiger partial charge in [0.25, 0.3) is 11.8 Å². The van der Waals surface area contributed by atoms with Gasteiger partial charge in [0.05, 0.1) is 6.54 Å². The third-order valence-corrected chi connectivity index (χ3v) is 3.34. The summed E-state index contributed by atoms with van der Waals surface area (Å²) in [6.07, 6.45) is 0. The van der Waals surface area contributed by atoms with E-state index in [0.29, 0.717) is 5.76 Å². The van der Waals surface area contributed by atoms with Crippen LogP contribution in [0.15, 0.2) is 52.9 Å². The molecular weight excluding hydrogens is 294 g/mol. The maximum atomic E-state index is 12.1. The van der Waals surface area contributed by atoms with Crippen LogP contribution in [0.25, 0.3) is 11.0 Å². The molecule has 0 aliphatic rings. The number of fused-ring (bicyclic) bond motifs is 1. The molecule has 0 aliphatic carbocycles. The van der Waals surface area contributed by atoms with E-state index in [1.54, 1.807) is 18.2 Å². The second-order valence-electron chi connectivity index (χ2n) is 4.92. The summed E-state index contributed by atoms with van der Waals surface area (Å²) in [4.78, 5) is 27.7. The summed E-state index contributed by atoms with van der Waals surface area (Å²) in [6, 6.07) is 14.2. The highest BCUT2D eigenvalue weighted by Crippen LogP contribution is 2.18. The topological polar surface area (TPSA) is 84.2 Å². The number of aromatic nitrogens is 1. The first-order chi connectivity index (χ1) is 11.2. The zero-order chi connectivity index (χ0) is 16.2. The van der Waals surface area contributed by atoms with Gasteiger partial charge in [0.2, 0.25) is 0 Å². The van der Waals surface area contributed by atoms with Crippen LogP contribution in [0.2, 0.25) is 0 Å². The molecule has 0 radical (unpaired) electrons. The minimum absolute atomic E-state index is 0.183. The second kappa shape index (κ2) is 6.31. The van der Waals surface area contributed by atoms with E-state index >= 15 is 0 Å². The highest BCUT2D eigenvalue weighted by Gasteiger charge is 2.12. The minimum atomic E-state index is -0.365. The van der Waals surface area contributed by atoms with Crippen LogP contribution >= 0.6 is 0 Å². The van der Waals surface area contributed by atoms with Crippen molar-refractivity contribution in [2.75, 3.05) is 7.05 Å². The summed E-state index contributed by atoms with van der Waals surface area (Å²) in [5, 5.41) is 6.19. The molecule has 116 valence electrons. The fourth-order valence-corrected chi connectivity index (χ4v) is 2.20. The molecule has 1 aromatic carbocycles. The molecular formula is C17H15N3O3. The van der Waals surface area contributed by atoms with E-state index < -0.39 is 0 Å². The molecule has 2 N–H and O–H groups in total. The average molecular weight is 309 g/mol. The van der Waals surface area contributed by atoms with E-state index in [-0.39, 0.29) is 29.7 Å². The Morgan fingerprint density at radius 3 is 2.52 bits per heavy atom. The first kappa shape index (κ1) is 14.8. The quantitative estimate of drug-likeness (QED) is 0.773. The number of nitrogens with zero attached hydrogens (tertiary/aromatic N) is 1. The number of furan rings is 1. The fraction of sp³-hybridized carbons (Fsp3) is 0.118. The van der Waals surface area contributed by atoms with Crippen LogP contribution in [0.3, 0.4) is 0 Å². The Hall–Kier alpha value is -3.15. The first-order valence-corrected chi connectivity index (χ1v) is 7.12. The number of rotatable bonds is 4. The molecule has 0 bridgehead atoms. The van der Waals surface area contributed by atoms with Gasteiger partial charge in [-0.25, -0.2) is 4.98 Å². The Kier molecular flexibility index (Phi) is 4.05. The van der Waals surface area contributed by atoms with E-state index in [1.165, 1.54) is 7.05 Å². The van der Waals surface area contributed by atoms with E-state index in [2.05, 4.69) is 15.6 Å². The van der Waals surface area contributed by atoms with Crippen molar-refractivity contribution in [1.29, 1.82) is 0 Å². The number of hydrogen-bond acceptors (Lipinski definition) is 4. The summed E-state index contributed by atoms with van der Waals surface area (Å²) in [5.74, 6) is -0.0462. The lowest BCUT2D eigenvalue weighted by atomic mass is 10.2. The van der Waals surface area contributed by atoms with Gasteiger partial charge in [-0.15, -0.1) is 0 Å². The summed E-state index contributed by atoms with van der Waals surface area (Å²) in [6.45, 7) is 0.249. The molecule has 3 rings (SSSR count). The van der Waals surface area contributed by atoms with Gasteiger partial charge in [-0.2, -0.15) is 0 Å². The molecule has 0 saturated carbocycles. The zero-order valence-corrected chi connectivity index (χ0v) is 12.5. The molecule has 6 heteroatoms. The lowest BCUT2D eigenvalue weighted by molar-refractivity contribution is 0.0942. The standard InChI is InChI=1S/C17H15N3O3/c1-18-16(21)13-6-4-7-14(20-13)17(22)19-10-12-9-11-5-2-3-8-15(11)23-12/h2-9H,10H2,1H3,(H,18,21)(H,19,22). The van der Waals surface area contributed by atoms with Crippen molar-refractivity contribution in [1.82, 2.24) is 15.6 Å². The van der Waals surface area contributed by atoms with Gasteiger partial charge < -0.3 is 15.1 Å². The Morgan fingerprint density at radius 2 is 1.78 bits per heavy atom. The Bertz CT molecular complexity index is 837. The largest absolute Gasteiger partial charge is 0.459 e. The van der Waals surface area contributed by atoms with Crippen LogP contribution in [-0.4, -0.2) is 23.8 Å². The van der Waals surface area contributed by atoms with Crippen molar-refractivity contribution in [2.45, 2.75) is 6.54 Å². The van der Waals surface area contributed by atoms with Gasteiger partial charge in [-0.3, -0.25) is 9.59 Å². The number of hydrogen-bond donors (Lipinski definition) is 2. The summed E-state index contributed by atoms with van der Waals surface area (Å²) < 4.78 is 5.63. The Labute approximate surface area is 132 Å². The summed E-state index contributed by atoms with van der Waals surface area (Å²) in [5.41, 5.74) is 1.16. The van der Waals surface area contributed by atoms with Crippen LogP contribution in [0.5, 0.6) is 0 Å². The third-order valence-electron chi connectivity index (χ3n) is 3.34. The lowest BCUT2D eigenvalue weighted by Crippen LogP contribution is -2.25. The van der Waals surface area contributed by atoms with Crippen molar-refractivity contribution in [3.63, 3.8) is 0 Å². The molecule has 0 atom stereocenters. The zero-order valence-electron chi connectivity index (χ0n) is 12.5. The van der Waals surface area contributed by atoms with Gasteiger partial charge >= 0.3 is 0 Å². The van der Waals surface area contributed by atoms with Gasteiger partial charge in [0, 0.05) is 12.4 Å². The normalized spacial score (nSPS) is 10.5. The van der Waals surface area contributed by atoms with Crippen molar-refractivity contribution in [2.24, 2.45) is 0 Å². The second-order valence-corrected chi connectivity index (χ2v) is 4.92. The molecule has 0 fully saturated rings. The van der Waals surface area contributed by atoms with E-state index in [4.69, 9.17) is 4.42 Å². The number of benzene rings is 1. The van der Waals surface area contributed by atoms with Gasteiger partial charge in [-0.1, -0.05) is 24.3 Å². The smallest absolute Gasteiger partial charge is 0.270 e. The minimum Gasteiger partial charge on any atom is -0.459 e. The number of nitrogens with one attached hydrogen (secondary N) is 2. The highest BCUT2D eigenvalue weighted by molar-refractivity contribution is 5.96. The predicted octanol–water partition coefficient (Wildman–Crippen LogP) is 2.12. The molecule has 0 saturated heterocycles. The SMILES string of the molecule is CNC(=O)c1cccc(C(=O)NCc2cc3ccccc3o2)n1. The fourth-order valence-electron chi connectivity index (χ4n) is 2.20. The van der Waals surface area contributed by atoms with Crippen molar-refractivity contribution >= 4 is 22.8 Å². The molecule has 23 heavy (non-hydrogen) atoms. The molecule has 0 spiro atoms. The van der Waals surface area contributed by atoms with Crippen LogP contribution < -0.4 is 10.6 Å². The summed E-state index contributed by atoms with van der Waals surface area (Å²) >= 11 is 0. The maximum Gasteiger partial charge on any atom is 0.270 e.